The second-order valence-corrected chi connectivity index (χ2v) is 7.58. The molecule has 14 heteroatoms. The summed E-state index contributed by atoms with van der Waals surface area (Å²) in [6.45, 7) is -0.476. The predicted octanol–water partition coefficient (Wildman–Crippen LogP) is -4.01. The average molecular weight is 409 g/mol. The standard InChI is InChI=1S/C5H7ClN2O3S.C5H8N2O3S.Na/c1-8-4(3-9)2-5(7-8)12(6,10)11;1-7-4(3-8)2-5(6-7)11(9)10;/h2,9H,3H2,1H3;2,8H,3H2,1H3,(H,9,10);/q;;+1/p-1. The van der Waals surface area contributed by atoms with Crippen molar-refractivity contribution in [3.05, 3.63) is 23.5 Å². The van der Waals surface area contributed by atoms with Crippen LogP contribution in [0.2, 0.25) is 0 Å². The Kier molecular flexibility index (Phi) is 9.86. The molecule has 0 bridgehead atoms. The molecule has 0 aromatic carbocycles. The third-order valence-electron chi connectivity index (χ3n) is 2.65. The molecule has 2 N–H and O–H groups in total. The van der Waals surface area contributed by atoms with Crippen LogP contribution >= 0.6 is 10.7 Å². The van der Waals surface area contributed by atoms with Crippen molar-refractivity contribution < 1.29 is 56.9 Å². The van der Waals surface area contributed by atoms with Crippen molar-refractivity contribution in [2.45, 2.75) is 23.3 Å². The molecule has 1 unspecified atom stereocenters. The molecular formula is C10H14ClN4NaO6S2. The van der Waals surface area contributed by atoms with Crippen LogP contribution in [0.25, 0.3) is 0 Å². The van der Waals surface area contributed by atoms with E-state index in [1.165, 1.54) is 28.5 Å². The Hall–Kier alpha value is -0.310. The number of halogens is 1. The third kappa shape index (κ3) is 6.54. The fraction of sp³-hybridized carbons (Fsp3) is 0.400. The zero-order valence-corrected chi connectivity index (χ0v) is 17.5. The van der Waals surface area contributed by atoms with Crippen molar-refractivity contribution in [2.75, 3.05) is 0 Å². The minimum Gasteiger partial charge on any atom is -0.767 e. The minimum absolute atomic E-state index is 0. The number of rotatable bonds is 4. The topological polar surface area (TPSA) is 150 Å². The summed E-state index contributed by atoms with van der Waals surface area (Å²) < 4.78 is 44.7. The number of aryl methyl sites for hydroxylation is 2. The van der Waals surface area contributed by atoms with Crippen LogP contribution in [-0.2, 0) is 47.4 Å². The van der Waals surface area contributed by atoms with Crippen LogP contribution in [0.3, 0.4) is 0 Å². The van der Waals surface area contributed by atoms with Gasteiger partial charge in [0.05, 0.1) is 24.6 Å². The normalized spacial score (nSPS) is 12.1. The zero-order chi connectivity index (χ0) is 17.8. The van der Waals surface area contributed by atoms with Crippen molar-refractivity contribution in [1.29, 1.82) is 0 Å². The number of nitrogens with zero attached hydrogens (tertiary/aromatic N) is 4. The molecule has 0 aliphatic heterocycles. The van der Waals surface area contributed by atoms with E-state index in [0.717, 1.165) is 0 Å². The Morgan fingerprint density at radius 2 is 1.62 bits per heavy atom. The van der Waals surface area contributed by atoms with Gasteiger partial charge in [0.15, 0.2) is 5.03 Å². The van der Waals surface area contributed by atoms with E-state index in [4.69, 9.17) is 20.9 Å². The molecule has 2 heterocycles. The maximum atomic E-state index is 10.7. The van der Waals surface area contributed by atoms with Gasteiger partial charge in [-0.25, -0.2) is 8.42 Å². The first kappa shape index (κ1) is 23.7. The molecule has 0 spiro atoms. The van der Waals surface area contributed by atoms with Crippen molar-refractivity contribution in [3.8, 4) is 0 Å². The van der Waals surface area contributed by atoms with Crippen LogP contribution in [0.15, 0.2) is 22.2 Å². The largest absolute Gasteiger partial charge is 1.00 e. The van der Waals surface area contributed by atoms with Gasteiger partial charge in [-0.1, -0.05) is 0 Å². The smallest absolute Gasteiger partial charge is 0.767 e. The maximum Gasteiger partial charge on any atom is 1.00 e. The van der Waals surface area contributed by atoms with Gasteiger partial charge in [0.1, 0.15) is 5.03 Å². The van der Waals surface area contributed by atoms with Gasteiger partial charge < -0.3 is 14.8 Å². The summed E-state index contributed by atoms with van der Waals surface area (Å²) in [7, 11) is 4.33. The number of hydrogen-bond donors (Lipinski definition) is 2. The van der Waals surface area contributed by atoms with Gasteiger partial charge in [-0.05, 0) is 17.1 Å². The van der Waals surface area contributed by atoms with Crippen molar-refractivity contribution in [3.63, 3.8) is 0 Å². The van der Waals surface area contributed by atoms with Gasteiger partial charge in [0.25, 0.3) is 9.05 Å². The molecule has 2 aromatic rings. The molecule has 0 fully saturated rings. The molecular weight excluding hydrogens is 395 g/mol. The summed E-state index contributed by atoms with van der Waals surface area (Å²) in [5.41, 5.74) is 0.874. The quantitative estimate of drug-likeness (QED) is 0.295. The number of aliphatic hydroxyl groups is 2. The molecule has 2 rings (SSSR count). The van der Waals surface area contributed by atoms with Gasteiger partial charge in [0.2, 0.25) is 0 Å². The summed E-state index contributed by atoms with van der Waals surface area (Å²) >= 11 is -2.31. The van der Waals surface area contributed by atoms with Crippen LogP contribution in [0, 0.1) is 0 Å². The molecule has 130 valence electrons. The first-order valence-electron chi connectivity index (χ1n) is 5.91. The number of aliphatic hydroxyl groups excluding tert-OH is 2. The van der Waals surface area contributed by atoms with E-state index in [9.17, 15) is 17.2 Å². The summed E-state index contributed by atoms with van der Waals surface area (Å²) in [5, 5.41) is 24.3. The fourth-order valence-corrected chi connectivity index (χ4v) is 2.59. The van der Waals surface area contributed by atoms with E-state index >= 15 is 0 Å². The monoisotopic (exact) mass is 408 g/mol. The summed E-state index contributed by atoms with van der Waals surface area (Å²) in [4.78, 5) is 0. The summed E-state index contributed by atoms with van der Waals surface area (Å²) in [6, 6.07) is 2.55. The van der Waals surface area contributed by atoms with Gasteiger partial charge in [-0.2, -0.15) is 10.2 Å². The molecule has 0 aliphatic rings. The Labute approximate surface area is 167 Å². The molecule has 1 atom stereocenters. The molecule has 0 radical (unpaired) electrons. The Morgan fingerprint density at radius 3 is 1.88 bits per heavy atom. The van der Waals surface area contributed by atoms with Crippen LogP contribution in [0.4, 0.5) is 0 Å². The van der Waals surface area contributed by atoms with Crippen LogP contribution in [0.5, 0.6) is 0 Å². The Balaban J connectivity index is 0.000000425. The average Bonchev–Trinajstić information content (AvgIpc) is 3.01. The Morgan fingerprint density at radius 1 is 1.17 bits per heavy atom. The fourth-order valence-electron chi connectivity index (χ4n) is 1.45. The van der Waals surface area contributed by atoms with Gasteiger partial charge >= 0.3 is 29.6 Å². The van der Waals surface area contributed by atoms with E-state index in [-0.39, 0.29) is 52.8 Å². The van der Waals surface area contributed by atoms with Gasteiger partial charge in [0, 0.05) is 30.8 Å². The van der Waals surface area contributed by atoms with Crippen LogP contribution in [-0.4, -0.2) is 47.0 Å². The predicted molar refractivity (Wildman–Crippen MR) is 78.5 cm³/mol. The van der Waals surface area contributed by atoms with E-state index in [1.807, 2.05) is 0 Å². The first-order chi connectivity index (χ1) is 10.6. The van der Waals surface area contributed by atoms with E-state index in [2.05, 4.69) is 10.2 Å². The molecule has 0 amide bonds. The molecule has 0 saturated carbocycles. The molecule has 0 aliphatic carbocycles. The second-order valence-electron chi connectivity index (χ2n) is 4.18. The van der Waals surface area contributed by atoms with E-state index in [0.29, 0.717) is 11.4 Å². The van der Waals surface area contributed by atoms with E-state index in [1.54, 1.807) is 7.05 Å². The molecule has 10 nitrogen and oxygen atoms in total. The summed E-state index contributed by atoms with van der Waals surface area (Å²) in [6.07, 6.45) is 0. The van der Waals surface area contributed by atoms with Crippen molar-refractivity contribution in [2.24, 2.45) is 14.1 Å². The van der Waals surface area contributed by atoms with Crippen LogP contribution < -0.4 is 29.6 Å². The first-order valence-corrected chi connectivity index (χ1v) is 9.30. The molecule has 2 aromatic heterocycles. The maximum absolute atomic E-state index is 10.7. The van der Waals surface area contributed by atoms with Gasteiger partial charge in [-0.15, -0.1) is 0 Å². The van der Waals surface area contributed by atoms with Crippen LogP contribution in [0.1, 0.15) is 11.4 Å². The van der Waals surface area contributed by atoms with Crippen molar-refractivity contribution in [1.82, 2.24) is 19.6 Å². The van der Waals surface area contributed by atoms with Gasteiger partial charge in [-0.3, -0.25) is 13.6 Å². The SMILES string of the molecule is Cn1nc(S(=O)(=O)Cl)cc1CO.Cn1nc(S(=O)[O-])cc1CO.[Na+]. The number of hydrogen-bond acceptors (Lipinski definition) is 8. The van der Waals surface area contributed by atoms with Crippen molar-refractivity contribution >= 4 is 30.8 Å². The van der Waals surface area contributed by atoms with E-state index < -0.39 is 20.1 Å². The Bertz CT molecular complexity index is 806. The summed E-state index contributed by atoms with van der Waals surface area (Å²) in [5.74, 6) is 0. The zero-order valence-electron chi connectivity index (χ0n) is 13.1. The number of aromatic nitrogens is 4. The second kappa shape index (κ2) is 9.99. The molecule has 24 heavy (non-hydrogen) atoms. The molecule has 0 saturated heterocycles. The minimum atomic E-state index is -3.79. The third-order valence-corrected chi connectivity index (χ3v) is 4.37.